The van der Waals surface area contributed by atoms with Crippen molar-refractivity contribution >= 4 is 17.5 Å². The van der Waals surface area contributed by atoms with Crippen LogP contribution in [0.3, 0.4) is 0 Å². The molecule has 0 N–H and O–H groups in total. The Morgan fingerprint density at radius 2 is 1.69 bits per heavy atom. The number of carbonyl (C=O) groups is 3. The second-order valence-electron chi connectivity index (χ2n) is 3.59. The van der Waals surface area contributed by atoms with Gasteiger partial charge >= 0.3 is 0 Å². The molecule has 0 bridgehead atoms. The van der Waals surface area contributed by atoms with E-state index in [9.17, 15) is 14.4 Å². The zero-order valence-corrected chi connectivity index (χ0v) is 7.87. The summed E-state index contributed by atoms with van der Waals surface area (Å²) in [6.45, 7) is 0. The first kappa shape index (κ1) is 9.89. The van der Waals surface area contributed by atoms with E-state index in [1.54, 1.807) is 14.1 Å². The summed E-state index contributed by atoms with van der Waals surface area (Å²) in [5.41, 5.74) is 0. The van der Waals surface area contributed by atoms with Crippen molar-refractivity contribution in [3.8, 4) is 0 Å². The van der Waals surface area contributed by atoms with Gasteiger partial charge in [0.15, 0.2) is 0 Å². The fraction of sp³-hybridized carbons (Fsp3) is 0.667. The number of rotatable bonds is 1. The largest absolute Gasteiger partial charge is 0.349 e. The van der Waals surface area contributed by atoms with Crippen LogP contribution in [0.4, 0.5) is 0 Å². The van der Waals surface area contributed by atoms with E-state index in [-0.39, 0.29) is 36.7 Å². The van der Waals surface area contributed by atoms with Gasteiger partial charge in [-0.15, -0.1) is 0 Å². The number of hydrogen-bond donors (Lipinski definition) is 0. The molecular weight excluding hydrogens is 170 g/mol. The van der Waals surface area contributed by atoms with Crippen LogP contribution < -0.4 is 0 Å². The molecule has 0 aliphatic heterocycles. The van der Waals surface area contributed by atoms with Crippen LogP contribution in [-0.4, -0.2) is 36.5 Å². The second-order valence-corrected chi connectivity index (χ2v) is 3.59. The van der Waals surface area contributed by atoms with Gasteiger partial charge in [0, 0.05) is 26.9 Å². The van der Waals surface area contributed by atoms with Crippen molar-refractivity contribution in [2.24, 2.45) is 5.92 Å². The van der Waals surface area contributed by atoms with Crippen LogP contribution >= 0.6 is 0 Å². The van der Waals surface area contributed by atoms with Gasteiger partial charge in [-0.05, 0) is 0 Å². The summed E-state index contributed by atoms with van der Waals surface area (Å²) in [6, 6.07) is 0. The summed E-state index contributed by atoms with van der Waals surface area (Å²) < 4.78 is 0. The van der Waals surface area contributed by atoms with E-state index in [1.807, 2.05) is 0 Å². The van der Waals surface area contributed by atoms with E-state index in [0.29, 0.717) is 0 Å². The first-order valence-corrected chi connectivity index (χ1v) is 4.25. The molecule has 1 rings (SSSR count). The molecule has 13 heavy (non-hydrogen) atoms. The highest BCUT2D eigenvalue weighted by molar-refractivity contribution is 6.05. The van der Waals surface area contributed by atoms with Crippen LogP contribution in [-0.2, 0) is 14.4 Å². The van der Waals surface area contributed by atoms with Crippen LogP contribution in [0.15, 0.2) is 0 Å². The molecule has 0 aromatic rings. The lowest BCUT2D eigenvalue weighted by molar-refractivity contribution is -0.141. The van der Waals surface area contributed by atoms with E-state index in [0.717, 1.165) is 0 Å². The van der Waals surface area contributed by atoms with Crippen molar-refractivity contribution in [2.45, 2.75) is 19.3 Å². The molecule has 0 saturated heterocycles. The highest BCUT2D eigenvalue weighted by Gasteiger charge is 2.31. The Kier molecular flexibility index (Phi) is 2.80. The van der Waals surface area contributed by atoms with Crippen molar-refractivity contribution in [1.29, 1.82) is 0 Å². The number of carbonyl (C=O) groups excluding carboxylic acids is 3. The molecular formula is C9H13NO3. The summed E-state index contributed by atoms with van der Waals surface area (Å²) in [5.74, 6) is -0.766. The van der Waals surface area contributed by atoms with Crippen molar-refractivity contribution in [3.05, 3.63) is 0 Å². The predicted molar refractivity (Wildman–Crippen MR) is 46.0 cm³/mol. The quantitative estimate of drug-likeness (QED) is 0.538. The van der Waals surface area contributed by atoms with Gasteiger partial charge in [-0.25, -0.2) is 0 Å². The Balaban J connectivity index is 2.65. The second kappa shape index (κ2) is 3.68. The fourth-order valence-electron chi connectivity index (χ4n) is 1.53. The highest BCUT2D eigenvalue weighted by Crippen LogP contribution is 2.20. The van der Waals surface area contributed by atoms with Crippen molar-refractivity contribution in [2.75, 3.05) is 14.1 Å². The van der Waals surface area contributed by atoms with E-state index in [4.69, 9.17) is 0 Å². The van der Waals surface area contributed by atoms with Gasteiger partial charge in [0.1, 0.15) is 11.6 Å². The molecule has 4 nitrogen and oxygen atoms in total. The number of nitrogens with zero attached hydrogens (tertiary/aromatic N) is 1. The molecule has 72 valence electrons. The molecule has 1 saturated carbocycles. The number of hydrogen-bond acceptors (Lipinski definition) is 3. The number of amides is 1. The number of Topliss-reactive ketones (excluding diaryl/α,β-unsaturated/α-hetero) is 2. The summed E-state index contributed by atoms with van der Waals surface area (Å²) in [4.78, 5) is 34.9. The predicted octanol–water partition coefficient (Wildman–Crippen LogP) is 0.0129. The number of ketones is 2. The average molecular weight is 183 g/mol. The van der Waals surface area contributed by atoms with Crippen LogP contribution in [0.25, 0.3) is 0 Å². The molecule has 1 amide bonds. The van der Waals surface area contributed by atoms with E-state index in [1.165, 1.54) is 4.90 Å². The Bertz CT molecular complexity index is 242. The topological polar surface area (TPSA) is 54.5 Å². The lowest BCUT2D eigenvalue weighted by Crippen LogP contribution is -2.35. The minimum Gasteiger partial charge on any atom is -0.349 e. The van der Waals surface area contributed by atoms with E-state index < -0.39 is 5.92 Å². The normalized spacial score (nSPS) is 18.9. The van der Waals surface area contributed by atoms with Crippen LogP contribution in [0.2, 0.25) is 0 Å². The summed E-state index contributed by atoms with van der Waals surface area (Å²) in [5, 5.41) is 0. The summed E-state index contributed by atoms with van der Waals surface area (Å²) in [6.07, 6.45) is 0.461. The van der Waals surface area contributed by atoms with Crippen molar-refractivity contribution < 1.29 is 14.4 Å². The van der Waals surface area contributed by atoms with E-state index >= 15 is 0 Å². The third-order valence-electron chi connectivity index (χ3n) is 2.13. The molecule has 0 aromatic carbocycles. The van der Waals surface area contributed by atoms with Gasteiger partial charge < -0.3 is 4.90 Å². The van der Waals surface area contributed by atoms with Gasteiger partial charge in [0.2, 0.25) is 5.91 Å². The Labute approximate surface area is 76.9 Å². The third-order valence-corrected chi connectivity index (χ3v) is 2.13. The Hall–Kier alpha value is -1.19. The zero-order valence-electron chi connectivity index (χ0n) is 7.87. The lowest BCUT2D eigenvalue weighted by Gasteiger charge is -2.22. The lowest BCUT2D eigenvalue weighted by atomic mass is 9.86. The standard InChI is InChI=1S/C9H13NO3/c1-10(2)9(13)6-3-7(11)5-8(12)4-6/h6H,3-5H2,1-2H3. The maximum absolute atomic E-state index is 11.4. The van der Waals surface area contributed by atoms with Crippen LogP contribution in [0.5, 0.6) is 0 Å². The molecule has 0 radical (unpaired) electrons. The fourth-order valence-corrected chi connectivity index (χ4v) is 1.53. The van der Waals surface area contributed by atoms with Crippen molar-refractivity contribution in [1.82, 2.24) is 4.90 Å². The van der Waals surface area contributed by atoms with Gasteiger partial charge in [0.05, 0.1) is 12.3 Å². The molecule has 0 aromatic heterocycles. The molecule has 1 fully saturated rings. The van der Waals surface area contributed by atoms with Crippen LogP contribution in [0.1, 0.15) is 19.3 Å². The van der Waals surface area contributed by atoms with Gasteiger partial charge in [0.25, 0.3) is 0 Å². The van der Waals surface area contributed by atoms with Gasteiger partial charge in [-0.3, -0.25) is 14.4 Å². The Morgan fingerprint density at radius 3 is 2.08 bits per heavy atom. The highest BCUT2D eigenvalue weighted by atomic mass is 16.2. The van der Waals surface area contributed by atoms with Crippen LogP contribution in [0, 0.1) is 5.92 Å². The molecule has 0 atom stereocenters. The molecule has 1 aliphatic rings. The SMILES string of the molecule is CN(C)C(=O)C1CC(=O)CC(=O)C1. The smallest absolute Gasteiger partial charge is 0.226 e. The minimum absolute atomic E-state index is 0.0111. The summed E-state index contributed by atoms with van der Waals surface area (Å²) >= 11 is 0. The molecule has 4 heteroatoms. The first-order valence-electron chi connectivity index (χ1n) is 4.25. The molecule has 0 spiro atoms. The van der Waals surface area contributed by atoms with Crippen molar-refractivity contribution in [3.63, 3.8) is 0 Å². The maximum atomic E-state index is 11.4. The third kappa shape index (κ3) is 2.37. The Morgan fingerprint density at radius 1 is 1.23 bits per heavy atom. The molecule has 0 unspecified atom stereocenters. The molecule has 1 aliphatic carbocycles. The average Bonchev–Trinajstić information content (AvgIpc) is 2.01. The minimum atomic E-state index is -0.413. The monoisotopic (exact) mass is 183 g/mol. The maximum Gasteiger partial charge on any atom is 0.226 e. The van der Waals surface area contributed by atoms with Gasteiger partial charge in [-0.1, -0.05) is 0 Å². The zero-order chi connectivity index (χ0) is 10.0. The van der Waals surface area contributed by atoms with E-state index in [2.05, 4.69) is 0 Å². The first-order chi connectivity index (χ1) is 6.00. The van der Waals surface area contributed by atoms with Gasteiger partial charge in [-0.2, -0.15) is 0 Å². The molecule has 0 heterocycles. The summed E-state index contributed by atoms with van der Waals surface area (Å²) in [7, 11) is 3.26.